The Morgan fingerprint density at radius 1 is 1.17 bits per heavy atom. The van der Waals surface area contributed by atoms with Crippen LogP contribution in [0.5, 0.6) is 0 Å². The van der Waals surface area contributed by atoms with Crippen molar-refractivity contribution in [1.29, 1.82) is 0 Å². The van der Waals surface area contributed by atoms with E-state index in [9.17, 15) is 0 Å². The first-order valence-corrected chi connectivity index (χ1v) is 7.99. The average molecular weight is 329 g/mol. The van der Waals surface area contributed by atoms with Crippen LogP contribution in [-0.4, -0.2) is 22.6 Å². The van der Waals surface area contributed by atoms with E-state index in [1.165, 1.54) is 0 Å². The third-order valence-electron chi connectivity index (χ3n) is 4.03. The molecule has 4 nitrogen and oxygen atoms in total. The molecule has 0 radical (unpaired) electrons. The molecule has 1 saturated heterocycles. The van der Waals surface area contributed by atoms with Gasteiger partial charge < -0.3 is 13.7 Å². The van der Waals surface area contributed by atoms with Crippen LogP contribution in [0.1, 0.15) is 17.6 Å². The van der Waals surface area contributed by atoms with Crippen LogP contribution in [0.25, 0.3) is 5.69 Å². The van der Waals surface area contributed by atoms with E-state index in [0.717, 1.165) is 41.7 Å². The monoisotopic (exact) mass is 328 g/mol. The summed E-state index contributed by atoms with van der Waals surface area (Å²) in [4.78, 5) is 2.27. The van der Waals surface area contributed by atoms with E-state index in [4.69, 9.17) is 20.8 Å². The van der Waals surface area contributed by atoms with Gasteiger partial charge >= 0.3 is 0 Å². The van der Waals surface area contributed by atoms with Gasteiger partial charge in [-0.25, -0.2) is 0 Å². The SMILES string of the molecule is Clc1cccc(-n2ccc([C@@H]3OCCN3Cc3ccco3)c2)c1. The summed E-state index contributed by atoms with van der Waals surface area (Å²) in [7, 11) is 0. The molecule has 0 spiro atoms. The molecule has 118 valence electrons. The Labute approximate surface area is 139 Å². The molecule has 0 amide bonds. The van der Waals surface area contributed by atoms with Crippen LogP contribution < -0.4 is 0 Å². The van der Waals surface area contributed by atoms with Crippen LogP contribution in [0.15, 0.2) is 65.5 Å². The number of halogens is 1. The third kappa shape index (κ3) is 3.06. The number of nitrogens with zero attached hydrogens (tertiary/aromatic N) is 2. The van der Waals surface area contributed by atoms with Crippen molar-refractivity contribution >= 4 is 11.6 Å². The van der Waals surface area contributed by atoms with Crippen LogP contribution >= 0.6 is 11.6 Å². The van der Waals surface area contributed by atoms with Crippen molar-refractivity contribution in [3.8, 4) is 5.69 Å². The van der Waals surface area contributed by atoms with Gasteiger partial charge in [0.25, 0.3) is 0 Å². The lowest BCUT2D eigenvalue weighted by Gasteiger charge is -2.21. The summed E-state index contributed by atoms with van der Waals surface area (Å²) in [5.41, 5.74) is 2.17. The largest absolute Gasteiger partial charge is 0.468 e. The topological polar surface area (TPSA) is 30.5 Å². The number of hydrogen-bond acceptors (Lipinski definition) is 3. The normalized spacial score (nSPS) is 18.6. The Kier molecular flexibility index (Phi) is 3.95. The Morgan fingerprint density at radius 3 is 2.96 bits per heavy atom. The number of aromatic nitrogens is 1. The molecule has 1 atom stereocenters. The number of rotatable bonds is 4. The minimum Gasteiger partial charge on any atom is -0.468 e. The Balaban J connectivity index is 1.55. The van der Waals surface area contributed by atoms with Crippen LogP contribution in [0.2, 0.25) is 5.02 Å². The van der Waals surface area contributed by atoms with Gasteiger partial charge in [-0.3, -0.25) is 4.90 Å². The predicted molar refractivity (Wildman–Crippen MR) is 88.6 cm³/mol. The lowest BCUT2D eigenvalue weighted by molar-refractivity contribution is 0.0259. The molecule has 3 aromatic rings. The summed E-state index contributed by atoms with van der Waals surface area (Å²) in [5, 5.41) is 0.731. The second-order valence-electron chi connectivity index (χ2n) is 5.60. The molecule has 0 N–H and O–H groups in total. The van der Waals surface area contributed by atoms with Gasteiger partial charge in [0.1, 0.15) is 12.0 Å². The first-order valence-electron chi connectivity index (χ1n) is 7.61. The molecule has 1 aliphatic heterocycles. The maximum Gasteiger partial charge on any atom is 0.138 e. The van der Waals surface area contributed by atoms with Crippen LogP contribution in [0.3, 0.4) is 0 Å². The number of hydrogen-bond donors (Lipinski definition) is 0. The summed E-state index contributed by atoms with van der Waals surface area (Å²) >= 11 is 6.07. The highest BCUT2D eigenvalue weighted by Crippen LogP contribution is 2.29. The summed E-state index contributed by atoms with van der Waals surface area (Å²) in [5.74, 6) is 0.953. The molecule has 0 unspecified atom stereocenters. The van der Waals surface area contributed by atoms with E-state index in [-0.39, 0.29) is 6.23 Å². The minimum absolute atomic E-state index is 0.0412. The van der Waals surface area contributed by atoms with Gasteiger partial charge in [-0.2, -0.15) is 0 Å². The zero-order valence-corrected chi connectivity index (χ0v) is 13.3. The molecule has 0 bridgehead atoms. The summed E-state index contributed by atoms with van der Waals surface area (Å²) in [6.45, 7) is 2.38. The highest BCUT2D eigenvalue weighted by atomic mass is 35.5. The predicted octanol–water partition coefficient (Wildman–Crippen LogP) is 4.25. The molecule has 2 aromatic heterocycles. The van der Waals surface area contributed by atoms with Crippen LogP contribution in [0.4, 0.5) is 0 Å². The summed E-state index contributed by atoms with van der Waals surface area (Å²) < 4.78 is 13.4. The molecule has 1 fully saturated rings. The highest BCUT2D eigenvalue weighted by Gasteiger charge is 2.28. The molecule has 0 aliphatic carbocycles. The van der Waals surface area contributed by atoms with E-state index in [0.29, 0.717) is 0 Å². The molecule has 1 aromatic carbocycles. The van der Waals surface area contributed by atoms with Crippen molar-refractivity contribution in [2.24, 2.45) is 0 Å². The second kappa shape index (κ2) is 6.24. The van der Waals surface area contributed by atoms with E-state index in [1.807, 2.05) is 42.6 Å². The van der Waals surface area contributed by atoms with Gasteiger partial charge in [0.15, 0.2) is 0 Å². The van der Waals surface area contributed by atoms with E-state index < -0.39 is 0 Å². The molecular weight excluding hydrogens is 312 g/mol. The molecular formula is C18H17ClN2O2. The van der Waals surface area contributed by atoms with Crippen molar-refractivity contribution in [3.63, 3.8) is 0 Å². The number of ether oxygens (including phenoxy) is 1. The standard InChI is InChI=1S/C18H17ClN2O2/c19-15-3-1-4-16(11-15)20-7-6-14(12-20)18-21(8-10-23-18)13-17-5-2-9-22-17/h1-7,9,11-12,18H,8,10,13H2/t18-/m0/s1. The summed E-state index contributed by atoms with van der Waals surface area (Å²) in [6, 6.07) is 13.8. The van der Waals surface area contributed by atoms with Crippen molar-refractivity contribution in [1.82, 2.24) is 9.47 Å². The lowest BCUT2D eigenvalue weighted by Crippen LogP contribution is -2.22. The minimum atomic E-state index is -0.0412. The number of furan rings is 1. The van der Waals surface area contributed by atoms with Gasteiger partial charge in [-0.1, -0.05) is 17.7 Å². The fraction of sp³-hybridized carbons (Fsp3) is 0.222. The molecule has 5 heteroatoms. The van der Waals surface area contributed by atoms with E-state index in [2.05, 4.69) is 21.7 Å². The average Bonchev–Trinajstić information content (AvgIpc) is 3.29. The molecule has 4 rings (SSSR count). The van der Waals surface area contributed by atoms with Gasteiger partial charge in [0.05, 0.1) is 19.4 Å². The van der Waals surface area contributed by atoms with Crippen molar-refractivity contribution in [3.05, 3.63) is 77.5 Å². The third-order valence-corrected chi connectivity index (χ3v) is 4.27. The smallest absolute Gasteiger partial charge is 0.138 e. The van der Waals surface area contributed by atoms with Crippen molar-refractivity contribution in [2.45, 2.75) is 12.8 Å². The maximum atomic E-state index is 6.07. The molecule has 0 saturated carbocycles. The second-order valence-corrected chi connectivity index (χ2v) is 6.04. The number of benzene rings is 1. The first kappa shape index (κ1) is 14.6. The van der Waals surface area contributed by atoms with Gasteiger partial charge in [0.2, 0.25) is 0 Å². The van der Waals surface area contributed by atoms with E-state index >= 15 is 0 Å². The van der Waals surface area contributed by atoms with Gasteiger partial charge in [-0.15, -0.1) is 0 Å². The highest BCUT2D eigenvalue weighted by molar-refractivity contribution is 6.30. The Hall–Kier alpha value is -2.01. The summed E-state index contributed by atoms with van der Waals surface area (Å²) in [6.07, 6.45) is 5.79. The lowest BCUT2D eigenvalue weighted by atomic mass is 10.2. The maximum absolute atomic E-state index is 6.07. The Bertz CT molecular complexity index is 782. The molecule has 23 heavy (non-hydrogen) atoms. The van der Waals surface area contributed by atoms with Gasteiger partial charge in [-0.05, 0) is 36.4 Å². The first-order chi connectivity index (χ1) is 11.3. The zero-order valence-electron chi connectivity index (χ0n) is 12.6. The van der Waals surface area contributed by atoms with Crippen LogP contribution in [-0.2, 0) is 11.3 Å². The molecule has 1 aliphatic rings. The van der Waals surface area contributed by atoms with Crippen molar-refractivity contribution < 1.29 is 9.15 Å². The Morgan fingerprint density at radius 2 is 2.13 bits per heavy atom. The fourth-order valence-corrected chi connectivity index (χ4v) is 3.12. The fourth-order valence-electron chi connectivity index (χ4n) is 2.93. The van der Waals surface area contributed by atoms with Crippen molar-refractivity contribution in [2.75, 3.05) is 13.2 Å². The zero-order chi connectivity index (χ0) is 15.6. The molecule has 3 heterocycles. The van der Waals surface area contributed by atoms with E-state index in [1.54, 1.807) is 6.26 Å². The van der Waals surface area contributed by atoms with Crippen LogP contribution in [0, 0.1) is 0 Å². The quantitative estimate of drug-likeness (QED) is 0.717. The van der Waals surface area contributed by atoms with Gasteiger partial charge in [0, 0.05) is 35.2 Å².